The molecule has 0 unspecified atom stereocenters. The van der Waals surface area contributed by atoms with Crippen LogP contribution in [0.4, 0.5) is 0 Å². The molecule has 8 heteroatoms. The van der Waals surface area contributed by atoms with Gasteiger partial charge < -0.3 is 15.1 Å². The molecule has 146 valence electrons. The van der Waals surface area contributed by atoms with E-state index in [1.165, 1.54) is 10.4 Å². The molecule has 0 aromatic carbocycles. The van der Waals surface area contributed by atoms with E-state index in [1.807, 2.05) is 16.7 Å². The van der Waals surface area contributed by atoms with Gasteiger partial charge in [-0.25, -0.2) is 4.99 Å². The standard InChI is InChI=1S/C18H28N4OS2.HI/c1-4-19-17(22-8-10-25-18(2,3)13-22)20-11-16(23)21-7-5-15-14(12-21)6-9-24-15;/h6,9H,4-5,7-8,10-13H2,1-3H3,(H,19,20);1H. The summed E-state index contributed by atoms with van der Waals surface area (Å²) in [6, 6.07) is 2.14. The van der Waals surface area contributed by atoms with Gasteiger partial charge in [0.15, 0.2) is 5.96 Å². The molecule has 5 nitrogen and oxygen atoms in total. The van der Waals surface area contributed by atoms with Crippen LogP contribution in [0.15, 0.2) is 16.4 Å². The first kappa shape index (κ1) is 21.8. The molecular formula is C18H29IN4OS2. The van der Waals surface area contributed by atoms with Gasteiger partial charge in [0.25, 0.3) is 0 Å². The van der Waals surface area contributed by atoms with E-state index in [9.17, 15) is 4.79 Å². The summed E-state index contributed by atoms with van der Waals surface area (Å²) in [6.45, 7) is 11.1. The highest BCUT2D eigenvalue weighted by Gasteiger charge is 2.29. The number of amides is 1. The SMILES string of the molecule is CCNC(=NCC(=O)N1CCc2sccc2C1)N1CCSC(C)(C)C1.I. The summed E-state index contributed by atoms with van der Waals surface area (Å²) in [5.74, 6) is 2.09. The molecule has 26 heavy (non-hydrogen) atoms. The number of fused-ring (bicyclic) bond motifs is 1. The molecule has 0 aliphatic carbocycles. The van der Waals surface area contributed by atoms with Crippen molar-refractivity contribution >= 4 is 58.9 Å². The number of carbonyl (C=O) groups is 1. The van der Waals surface area contributed by atoms with Gasteiger partial charge in [-0.05, 0) is 44.2 Å². The second-order valence-corrected chi connectivity index (χ2v) is 9.94. The van der Waals surface area contributed by atoms with E-state index in [4.69, 9.17) is 0 Å². The van der Waals surface area contributed by atoms with Crippen molar-refractivity contribution in [3.05, 3.63) is 21.9 Å². The minimum atomic E-state index is 0. The van der Waals surface area contributed by atoms with Gasteiger partial charge in [0, 0.05) is 48.1 Å². The minimum absolute atomic E-state index is 0. The molecule has 2 aliphatic heterocycles. The first-order chi connectivity index (χ1) is 12.0. The predicted octanol–water partition coefficient (Wildman–Crippen LogP) is 3.04. The highest BCUT2D eigenvalue weighted by molar-refractivity contribution is 14.0. The van der Waals surface area contributed by atoms with Gasteiger partial charge in [-0.2, -0.15) is 11.8 Å². The maximum absolute atomic E-state index is 12.6. The second-order valence-electron chi connectivity index (χ2n) is 7.13. The summed E-state index contributed by atoms with van der Waals surface area (Å²) in [4.78, 5) is 22.9. The molecule has 0 bridgehead atoms. The molecule has 2 aliphatic rings. The van der Waals surface area contributed by atoms with Crippen molar-refractivity contribution in [1.29, 1.82) is 0 Å². The van der Waals surface area contributed by atoms with Crippen LogP contribution < -0.4 is 5.32 Å². The van der Waals surface area contributed by atoms with Crippen molar-refractivity contribution in [1.82, 2.24) is 15.1 Å². The average molecular weight is 508 g/mol. The van der Waals surface area contributed by atoms with Gasteiger partial charge in [0.1, 0.15) is 6.54 Å². The Morgan fingerprint density at radius 1 is 1.35 bits per heavy atom. The molecule has 3 rings (SSSR count). The van der Waals surface area contributed by atoms with Crippen molar-refractivity contribution in [2.75, 3.05) is 38.5 Å². The molecule has 0 spiro atoms. The zero-order valence-corrected chi connectivity index (χ0v) is 19.7. The normalized spacial score (nSPS) is 19.6. The quantitative estimate of drug-likeness (QED) is 0.388. The van der Waals surface area contributed by atoms with Crippen LogP contribution in [-0.4, -0.2) is 64.9 Å². The van der Waals surface area contributed by atoms with Crippen molar-refractivity contribution in [2.45, 2.75) is 38.5 Å². The average Bonchev–Trinajstić information content (AvgIpc) is 3.05. The Labute approximate surface area is 182 Å². The molecule has 1 fully saturated rings. The third-order valence-electron chi connectivity index (χ3n) is 4.58. The fraction of sp³-hybridized carbons (Fsp3) is 0.667. The summed E-state index contributed by atoms with van der Waals surface area (Å²) in [5.41, 5.74) is 1.30. The van der Waals surface area contributed by atoms with Crippen LogP contribution >= 0.6 is 47.1 Å². The zero-order chi connectivity index (χ0) is 17.9. The van der Waals surface area contributed by atoms with Gasteiger partial charge in [0.2, 0.25) is 5.91 Å². The van der Waals surface area contributed by atoms with Crippen LogP contribution in [0.5, 0.6) is 0 Å². The van der Waals surface area contributed by atoms with E-state index in [1.54, 1.807) is 11.3 Å². The number of carbonyl (C=O) groups excluding carboxylic acids is 1. The Morgan fingerprint density at radius 2 is 2.15 bits per heavy atom. The molecule has 1 aromatic heterocycles. The number of thiophene rings is 1. The van der Waals surface area contributed by atoms with Crippen LogP contribution in [0.2, 0.25) is 0 Å². The van der Waals surface area contributed by atoms with Crippen molar-refractivity contribution in [3.8, 4) is 0 Å². The number of nitrogens with one attached hydrogen (secondary N) is 1. The highest BCUT2D eigenvalue weighted by atomic mass is 127. The number of rotatable bonds is 3. The molecule has 0 saturated carbocycles. The Morgan fingerprint density at radius 3 is 2.88 bits per heavy atom. The highest BCUT2D eigenvalue weighted by Crippen LogP contribution is 2.29. The van der Waals surface area contributed by atoms with E-state index < -0.39 is 0 Å². The number of halogens is 1. The largest absolute Gasteiger partial charge is 0.357 e. The van der Waals surface area contributed by atoms with Crippen LogP contribution in [-0.2, 0) is 17.8 Å². The monoisotopic (exact) mass is 508 g/mol. The first-order valence-electron chi connectivity index (χ1n) is 8.99. The van der Waals surface area contributed by atoms with E-state index in [2.05, 4.69) is 47.4 Å². The van der Waals surface area contributed by atoms with Crippen LogP contribution in [0.1, 0.15) is 31.2 Å². The lowest BCUT2D eigenvalue weighted by Gasteiger charge is -2.39. The number of thioether (sulfide) groups is 1. The summed E-state index contributed by atoms with van der Waals surface area (Å²) in [6.07, 6.45) is 0.972. The predicted molar refractivity (Wildman–Crippen MR) is 123 cm³/mol. The van der Waals surface area contributed by atoms with Gasteiger partial charge in [-0.3, -0.25) is 4.79 Å². The summed E-state index contributed by atoms with van der Waals surface area (Å²) in [7, 11) is 0. The molecule has 0 atom stereocenters. The second kappa shape index (κ2) is 9.64. The van der Waals surface area contributed by atoms with Crippen LogP contribution in [0.3, 0.4) is 0 Å². The molecule has 1 aromatic rings. The lowest BCUT2D eigenvalue weighted by molar-refractivity contribution is -0.130. The Bertz CT molecular complexity index is 647. The Kier molecular flexibility index (Phi) is 8.08. The molecule has 3 heterocycles. The fourth-order valence-electron chi connectivity index (χ4n) is 3.33. The van der Waals surface area contributed by atoms with Crippen molar-refractivity contribution in [2.24, 2.45) is 4.99 Å². The van der Waals surface area contributed by atoms with Crippen LogP contribution in [0, 0.1) is 0 Å². The topological polar surface area (TPSA) is 47.9 Å². The summed E-state index contributed by atoms with van der Waals surface area (Å²) in [5, 5.41) is 5.48. The van der Waals surface area contributed by atoms with Crippen LogP contribution in [0.25, 0.3) is 0 Å². The number of guanidine groups is 1. The fourth-order valence-corrected chi connectivity index (χ4v) is 5.33. The number of hydrogen-bond donors (Lipinski definition) is 1. The number of hydrogen-bond acceptors (Lipinski definition) is 4. The maximum atomic E-state index is 12.6. The molecule has 1 saturated heterocycles. The number of nitrogens with zero attached hydrogens (tertiary/aromatic N) is 3. The Balaban J connectivity index is 0.00000243. The Hall–Kier alpha value is -0.480. The first-order valence-corrected chi connectivity index (χ1v) is 10.9. The third-order valence-corrected chi connectivity index (χ3v) is 6.90. The molecule has 0 radical (unpaired) electrons. The third kappa shape index (κ3) is 5.51. The van der Waals surface area contributed by atoms with Crippen molar-refractivity contribution in [3.63, 3.8) is 0 Å². The summed E-state index contributed by atoms with van der Waals surface area (Å²) < 4.78 is 0.223. The smallest absolute Gasteiger partial charge is 0.244 e. The zero-order valence-electron chi connectivity index (χ0n) is 15.8. The maximum Gasteiger partial charge on any atom is 0.244 e. The van der Waals surface area contributed by atoms with Gasteiger partial charge in [0.05, 0.1) is 0 Å². The van der Waals surface area contributed by atoms with E-state index >= 15 is 0 Å². The van der Waals surface area contributed by atoms with E-state index in [0.29, 0.717) is 0 Å². The van der Waals surface area contributed by atoms with E-state index in [-0.39, 0.29) is 41.2 Å². The van der Waals surface area contributed by atoms with Gasteiger partial charge in [-0.15, -0.1) is 35.3 Å². The van der Waals surface area contributed by atoms with Gasteiger partial charge >= 0.3 is 0 Å². The molecule has 1 N–H and O–H groups in total. The lowest BCUT2D eigenvalue weighted by atomic mass is 10.1. The number of aliphatic imine (C=N–C) groups is 1. The van der Waals surface area contributed by atoms with Crippen molar-refractivity contribution < 1.29 is 4.79 Å². The summed E-state index contributed by atoms with van der Waals surface area (Å²) >= 11 is 3.80. The molecular weight excluding hydrogens is 479 g/mol. The lowest BCUT2D eigenvalue weighted by Crippen LogP contribution is -2.51. The van der Waals surface area contributed by atoms with Gasteiger partial charge in [-0.1, -0.05) is 0 Å². The molecule has 1 amide bonds. The minimum Gasteiger partial charge on any atom is -0.357 e. The van der Waals surface area contributed by atoms with E-state index in [0.717, 1.165) is 50.9 Å².